The van der Waals surface area contributed by atoms with E-state index in [1.54, 1.807) is 0 Å². The van der Waals surface area contributed by atoms with Gasteiger partial charge in [-0.3, -0.25) is 4.79 Å². The van der Waals surface area contributed by atoms with Crippen LogP contribution < -0.4 is 5.32 Å². The van der Waals surface area contributed by atoms with Crippen molar-refractivity contribution >= 4 is 11.6 Å². The van der Waals surface area contributed by atoms with Crippen molar-refractivity contribution in [1.29, 1.82) is 0 Å². The molecule has 0 fully saturated rings. The zero-order chi connectivity index (χ0) is 16.9. The van der Waals surface area contributed by atoms with Gasteiger partial charge in [0.05, 0.1) is 5.71 Å². The Kier molecular flexibility index (Phi) is 28.5. The van der Waals surface area contributed by atoms with Crippen molar-refractivity contribution in [3.05, 3.63) is 0 Å². The largest absolute Gasteiger partial charge is 0.396 e. The summed E-state index contributed by atoms with van der Waals surface area (Å²) < 4.78 is 0. The molecule has 0 saturated carbocycles. The lowest BCUT2D eigenvalue weighted by Crippen LogP contribution is -2.24. The highest BCUT2D eigenvalue weighted by Crippen LogP contribution is 1.97. The molecule has 4 heteroatoms. The Balaban J connectivity index is -0.000000739. The molecule has 0 aromatic rings. The highest BCUT2D eigenvalue weighted by molar-refractivity contribution is 5.78. The molecule has 0 radical (unpaired) electrons. The van der Waals surface area contributed by atoms with E-state index in [1.165, 1.54) is 12.8 Å². The van der Waals surface area contributed by atoms with Gasteiger partial charge in [0.1, 0.15) is 6.61 Å². The van der Waals surface area contributed by atoms with E-state index in [0.717, 1.165) is 31.5 Å². The van der Waals surface area contributed by atoms with Crippen molar-refractivity contribution in [2.24, 2.45) is 5.16 Å². The molecule has 0 aromatic carbocycles. The van der Waals surface area contributed by atoms with Crippen LogP contribution in [0.15, 0.2) is 5.16 Å². The molecule has 0 atom stereocenters. The van der Waals surface area contributed by atoms with Crippen molar-refractivity contribution in [2.75, 3.05) is 13.2 Å². The van der Waals surface area contributed by atoms with Crippen LogP contribution >= 0.6 is 0 Å². The van der Waals surface area contributed by atoms with Crippen LogP contribution in [-0.2, 0) is 9.63 Å². The second-order valence-electron chi connectivity index (χ2n) is 4.39. The molecule has 1 N–H and O–H groups in total. The first-order chi connectivity index (χ1) is 10.2. The van der Waals surface area contributed by atoms with E-state index in [9.17, 15) is 4.79 Å². The lowest BCUT2D eigenvalue weighted by Gasteiger charge is -2.04. The molecule has 21 heavy (non-hydrogen) atoms. The molecule has 0 saturated heterocycles. The lowest BCUT2D eigenvalue weighted by atomic mass is 10.2. The summed E-state index contributed by atoms with van der Waals surface area (Å²) in [4.78, 5) is 16.4. The Morgan fingerprint density at radius 3 is 2.14 bits per heavy atom. The molecule has 128 valence electrons. The molecule has 0 unspecified atom stereocenters. The van der Waals surface area contributed by atoms with Crippen LogP contribution in [0.3, 0.4) is 0 Å². The Bertz CT molecular complexity index is 225. The van der Waals surface area contributed by atoms with E-state index < -0.39 is 0 Å². The highest BCUT2D eigenvalue weighted by Gasteiger charge is 1.99. The third-order valence-corrected chi connectivity index (χ3v) is 2.24. The van der Waals surface area contributed by atoms with Crippen LogP contribution in [0.5, 0.6) is 0 Å². The molecule has 0 aliphatic heterocycles. The molecular weight excluding hydrogens is 264 g/mol. The predicted octanol–water partition coefficient (Wildman–Crippen LogP) is 4.93. The Hall–Kier alpha value is -1.06. The Morgan fingerprint density at radius 1 is 1.00 bits per heavy atom. The maximum Gasteiger partial charge on any atom is 0.219 e. The van der Waals surface area contributed by atoms with Crippen molar-refractivity contribution in [3.63, 3.8) is 0 Å². The van der Waals surface area contributed by atoms with E-state index >= 15 is 0 Å². The number of carbonyl (C=O) groups is 1. The first-order valence-corrected chi connectivity index (χ1v) is 8.56. The minimum absolute atomic E-state index is 0.149. The van der Waals surface area contributed by atoms with Crippen LogP contribution in [0.1, 0.15) is 87.0 Å². The molecule has 0 bridgehead atoms. The summed E-state index contributed by atoms with van der Waals surface area (Å²) in [5.41, 5.74) is 0.915. The molecule has 4 nitrogen and oxygen atoms in total. The van der Waals surface area contributed by atoms with Gasteiger partial charge >= 0.3 is 0 Å². The summed E-state index contributed by atoms with van der Waals surface area (Å²) in [6, 6.07) is 0. The van der Waals surface area contributed by atoms with E-state index in [1.807, 2.05) is 41.5 Å². The third kappa shape index (κ3) is 28.0. The monoisotopic (exact) mass is 302 g/mol. The van der Waals surface area contributed by atoms with Crippen LogP contribution in [0.4, 0.5) is 0 Å². The Labute approximate surface area is 132 Å². The number of nitrogens with one attached hydrogen (secondary N) is 1. The number of nitrogens with zero attached hydrogens (tertiary/aromatic N) is 1. The number of carbonyl (C=O) groups excluding carboxylic acids is 1. The molecule has 0 aliphatic rings. The number of hydrogen-bond acceptors (Lipinski definition) is 3. The minimum Gasteiger partial charge on any atom is -0.396 e. The number of oxime groups is 1. The van der Waals surface area contributed by atoms with Gasteiger partial charge in [-0.2, -0.15) is 0 Å². The maximum absolute atomic E-state index is 11.4. The van der Waals surface area contributed by atoms with Gasteiger partial charge < -0.3 is 10.2 Å². The SMILES string of the molecule is CC.CC.CCCCCNC(=O)CCCCON=C(C)C. The smallest absolute Gasteiger partial charge is 0.219 e. The van der Waals surface area contributed by atoms with Gasteiger partial charge in [-0.1, -0.05) is 52.6 Å². The molecule has 0 aromatic heterocycles. The van der Waals surface area contributed by atoms with Gasteiger partial charge in [-0.25, -0.2) is 0 Å². The number of amides is 1. The molecule has 0 spiro atoms. The fourth-order valence-corrected chi connectivity index (χ4v) is 1.32. The number of hydrogen-bond donors (Lipinski definition) is 1. The molecular formula is C17H38N2O2. The summed E-state index contributed by atoms with van der Waals surface area (Å²) in [6.45, 7) is 15.3. The quantitative estimate of drug-likeness (QED) is 0.353. The van der Waals surface area contributed by atoms with Gasteiger partial charge in [0.25, 0.3) is 0 Å². The topological polar surface area (TPSA) is 50.7 Å². The van der Waals surface area contributed by atoms with Crippen LogP contribution in [0, 0.1) is 0 Å². The molecule has 0 heterocycles. The van der Waals surface area contributed by atoms with Gasteiger partial charge in [-0.15, -0.1) is 0 Å². The van der Waals surface area contributed by atoms with Crippen molar-refractivity contribution in [2.45, 2.75) is 87.0 Å². The number of unbranched alkanes of at least 4 members (excludes halogenated alkanes) is 3. The van der Waals surface area contributed by atoms with Crippen molar-refractivity contribution in [3.8, 4) is 0 Å². The minimum atomic E-state index is 0.149. The van der Waals surface area contributed by atoms with Crippen LogP contribution in [-0.4, -0.2) is 24.8 Å². The van der Waals surface area contributed by atoms with Crippen LogP contribution in [0.25, 0.3) is 0 Å². The first-order valence-electron chi connectivity index (χ1n) is 8.56. The van der Waals surface area contributed by atoms with E-state index in [2.05, 4.69) is 17.4 Å². The number of rotatable bonds is 10. The summed E-state index contributed by atoms with van der Waals surface area (Å²) in [6.07, 6.45) is 5.77. The van der Waals surface area contributed by atoms with Gasteiger partial charge in [-0.05, 0) is 33.1 Å². The standard InChI is InChI=1S/C13H26N2O2.2C2H6/c1-4-5-7-10-14-13(16)9-6-8-11-17-15-12(2)3;2*1-2/h4-11H2,1-3H3,(H,14,16);2*1-2H3. The second-order valence-corrected chi connectivity index (χ2v) is 4.39. The molecule has 1 amide bonds. The third-order valence-electron chi connectivity index (χ3n) is 2.24. The fraction of sp³-hybridized carbons (Fsp3) is 0.882. The van der Waals surface area contributed by atoms with Gasteiger partial charge in [0.2, 0.25) is 5.91 Å². The summed E-state index contributed by atoms with van der Waals surface area (Å²) in [5, 5.41) is 6.75. The lowest BCUT2D eigenvalue weighted by molar-refractivity contribution is -0.121. The Morgan fingerprint density at radius 2 is 1.62 bits per heavy atom. The zero-order valence-electron chi connectivity index (χ0n) is 15.4. The summed E-state index contributed by atoms with van der Waals surface area (Å²) >= 11 is 0. The summed E-state index contributed by atoms with van der Waals surface area (Å²) in [7, 11) is 0. The van der Waals surface area contributed by atoms with Crippen LogP contribution in [0.2, 0.25) is 0 Å². The first kappa shape index (κ1) is 24.9. The normalized spacial score (nSPS) is 8.52. The predicted molar refractivity (Wildman–Crippen MR) is 93.8 cm³/mol. The zero-order valence-corrected chi connectivity index (χ0v) is 15.4. The maximum atomic E-state index is 11.4. The van der Waals surface area contributed by atoms with Crippen molar-refractivity contribution < 1.29 is 9.63 Å². The van der Waals surface area contributed by atoms with Gasteiger partial charge in [0.15, 0.2) is 0 Å². The average Bonchev–Trinajstić information content (AvgIpc) is 2.51. The second kappa shape index (κ2) is 24.0. The highest BCUT2D eigenvalue weighted by atomic mass is 16.6. The van der Waals surface area contributed by atoms with E-state index in [4.69, 9.17) is 4.84 Å². The van der Waals surface area contributed by atoms with Crippen molar-refractivity contribution in [1.82, 2.24) is 5.32 Å². The average molecular weight is 303 g/mol. The summed E-state index contributed by atoms with van der Waals surface area (Å²) in [5.74, 6) is 0.149. The molecule has 0 rings (SSSR count). The van der Waals surface area contributed by atoms with Gasteiger partial charge in [0, 0.05) is 13.0 Å². The fourth-order valence-electron chi connectivity index (χ4n) is 1.32. The van der Waals surface area contributed by atoms with E-state index in [0.29, 0.717) is 13.0 Å². The molecule has 0 aliphatic carbocycles. The van der Waals surface area contributed by atoms with E-state index in [-0.39, 0.29) is 5.91 Å².